The van der Waals surface area contributed by atoms with Crippen molar-refractivity contribution in [3.05, 3.63) is 35.3 Å². The fraction of sp³-hybridized carbons (Fsp3) is 0.312. The minimum Gasteiger partial charge on any atom is -0.497 e. The largest absolute Gasteiger partial charge is 0.497 e. The first kappa shape index (κ1) is 16.4. The zero-order chi connectivity index (χ0) is 17.1. The standard InChI is InChI=1S/C16H16N2O5S/c1-22-11-4-2-10(3-5-11)14-17-8-13(24-14)15(19)18-6-7-23-12(9-18)16(20)21/h2-5,8,12H,6-7,9H2,1H3,(H,20,21)/t12-/m1/s1. The molecule has 1 fully saturated rings. The predicted molar refractivity (Wildman–Crippen MR) is 87.4 cm³/mol. The number of morpholine rings is 1. The average Bonchev–Trinajstić information content (AvgIpc) is 3.11. The van der Waals surface area contributed by atoms with Crippen LogP contribution in [0.4, 0.5) is 0 Å². The first-order valence-electron chi connectivity index (χ1n) is 7.32. The topological polar surface area (TPSA) is 89.0 Å². The number of carboxylic acids is 1. The van der Waals surface area contributed by atoms with E-state index < -0.39 is 12.1 Å². The van der Waals surface area contributed by atoms with Gasteiger partial charge in [0, 0.05) is 12.1 Å². The van der Waals surface area contributed by atoms with Crippen LogP contribution in [0.5, 0.6) is 5.75 Å². The zero-order valence-electron chi connectivity index (χ0n) is 13.0. The minimum atomic E-state index is -1.06. The molecule has 0 unspecified atom stereocenters. The van der Waals surface area contributed by atoms with Crippen LogP contribution in [-0.2, 0) is 9.53 Å². The Bertz CT molecular complexity index is 743. The molecule has 2 heterocycles. The van der Waals surface area contributed by atoms with Gasteiger partial charge in [-0.05, 0) is 24.3 Å². The molecule has 0 radical (unpaired) electrons. The Hall–Kier alpha value is -2.45. The molecule has 24 heavy (non-hydrogen) atoms. The number of nitrogens with zero attached hydrogens (tertiary/aromatic N) is 2. The molecule has 2 aromatic rings. The number of carbonyl (C=O) groups excluding carboxylic acids is 1. The number of hydrogen-bond acceptors (Lipinski definition) is 6. The number of ether oxygens (including phenoxy) is 2. The van der Waals surface area contributed by atoms with E-state index in [1.165, 1.54) is 22.4 Å². The van der Waals surface area contributed by atoms with Crippen LogP contribution >= 0.6 is 11.3 Å². The van der Waals surface area contributed by atoms with Crippen molar-refractivity contribution in [3.8, 4) is 16.3 Å². The Morgan fingerprint density at radius 3 is 2.79 bits per heavy atom. The number of methoxy groups -OCH3 is 1. The Morgan fingerprint density at radius 2 is 2.12 bits per heavy atom. The van der Waals surface area contributed by atoms with Gasteiger partial charge in [-0.3, -0.25) is 4.79 Å². The van der Waals surface area contributed by atoms with Crippen molar-refractivity contribution in [1.82, 2.24) is 9.88 Å². The maximum atomic E-state index is 12.5. The summed E-state index contributed by atoms with van der Waals surface area (Å²) in [6, 6.07) is 7.41. The zero-order valence-corrected chi connectivity index (χ0v) is 13.8. The van der Waals surface area contributed by atoms with Crippen molar-refractivity contribution in [2.24, 2.45) is 0 Å². The summed E-state index contributed by atoms with van der Waals surface area (Å²) in [5.41, 5.74) is 0.894. The van der Waals surface area contributed by atoms with Crippen molar-refractivity contribution < 1.29 is 24.2 Å². The molecule has 126 valence electrons. The molecule has 1 atom stereocenters. The Balaban J connectivity index is 1.74. The first-order valence-corrected chi connectivity index (χ1v) is 8.14. The van der Waals surface area contributed by atoms with Gasteiger partial charge in [0.2, 0.25) is 0 Å². The molecule has 1 amide bonds. The molecule has 8 heteroatoms. The molecule has 3 rings (SSSR count). The third-order valence-electron chi connectivity index (χ3n) is 3.68. The van der Waals surface area contributed by atoms with Crippen molar-refractivity contribution in [2.45, 2.75) is 6.10 Å². The molecule has 0 spiro atoms. The van der Waals surface area contributed by atoms with E-state index >= 15 is 0 Å². The monoisotopic (exact) mass is 348 g/mol. The van der Waals surface area contributed by atoms with Crippen LogP contribution in [0.1, 0.15) is 9.67 Å². The number of rotatable bonds is 4. The Kier molecular flexibility index (Phi) is 4.77. The summed E-state index contributed by atoms with van der Waals surface area (Å²) in [7, 11) is 1.60. The fourth-order valence-electron chi connectivity index (χ4n) is 2.38. The number of aromatic nitrogens is 1. The van der Waals surface area contributed by atoms with Crippen LogP contribution in [0.25, 0.3) is 10.6 Å². The number of benzene rings is 1. The van der Waals surface area contributed by atoms with Gasteiger partial charge in [-0.15, -0.1) is 11.3 Å². The van der Waals surface area contributed by atoms with Gasteiger partial charge in [0.05, 0.1) is 26.5 Å². The van der Waals surface area contributed by atoms with Gasteiger partial charge in [0.15, 0.2) is 6.10 Å². The van der Waals surface area contributed by atoms with Gasteiger partial charge in [0.25, 0.3) is 5.91 Å². The molecule has 0 saturated carbocycles. The van der Waals surface area contributed by atoms with Crippen molar-refractivity contribution in [2.75, 3.05) is 26.8 Å². The lowest BCUT2D eigenvalue weighted by Gasteiger charge is -2.30. The minimum absolute atomic E-state index is 0.0456. The maximum Gasteiger partial charge on any atom is 0.334 e. The molecule has 7 nitrogen and oxygen atoms in total. The normalized spacial score (nSPS) is 17.5. The summed E-state index contributed by atoms with van der Waals surface area (Å²) in [5, 5.41) is 9.75. The third kappa shape index (κ3) is 3.39. The lowest BCUT2D eigenvalue weighted by atomic mass is 10.2. The van der Waals surface area contributed by atoms with Crippen LogP contribution in [0.3, 0.4) is 0 Å². The molecular weight excluding hydrogens is 332 g/mol. The second-order valence-electron chi connectivity index (χ2n) is 5.21. The van der Waals surface area contributed by atoms with Crippen molar-refractivity contribution >= 4 is 23.2 Å². The van der Waals surface area contributed by atoms with E-state index in [1.807, 2.05) is 24.3 Å². The SMILES string of the molecule is COc1ccc(-c2ncc(C(=O)N3CCO[C@@H](C(=O)O)C3)s2)cc1. The smallest absolute Gasteiger partial charge is 0.334 e. The van der Waals surface area contributed by atoms with Crippen molar-refractivity contribution in [1.29, 1.82) is 0 Å². The molecule has 0 bridgehead atoms. The second-order valence-corrected chi connectivity index (χ2v) is 6.24. The van der Waals surface area contributed by atoms with Gasteiger partial charge in [-0.2, -0.15) is 0 Å². The van der Waals surface area contributed by atoms with Crippen molar-refractivity contribution in [3.63, 3.8) is 0 Å². The highest BCUT2D eigenvalue weighted by Gasteiger charge is 2.30. The molecule has 1 saturated heterocycles. The number of carbonyl (C=O) groups is 2. The van der Waals surface area contributed by atoms with Crippen LogP contribution < -0.4 is 4.74 Å². The van der Waals surface area contributed by atoms with Crippen LogP contribution in [0, 0.1) is 0 Å². The highest BCUT2D eigenvalue weighted by atomic mass is 32.1. The summed E-state index contributed by atoms with van der Waals surface area (Å²) in [4.78, 5) is 29.8. The lowest BCUT2D eigenvalue weighted by molar-refractivity contribution is -0.154. The average molecular weight is 348 g/mol. The maximum absolute atomic E-state index is 12.5. The molecule has 1 aliphatic heterocycles. The number of carboxylic acid groups (broad SMARTS) is 1. The van der Waals surface area contributed by atoms with Crippen LogP contribution in [-0.4, -0.2) is 59.8 Å². The first-order chi connectivity index (χ1) is 11.6. The summed E-state index contributed by atoms with van der Waals surface area (Å²) in [5.74, 6) is -0.530. The molecule has 1 aromatic heterocycles. The number of hydrogen-bond donors (Lipinski definition) is 1. The van der Waals surface area contributed by atoms with E-state index in [9.17, 15) is 9.59 Å². The highest BCUT2D eigenvalue weighted by Crippen LogP contribution is 2.27. The quantitative estimate of drug-likeness (QED) is 0.905. The Morgan fingerprint density at radius 1 is 1.38 bits per heavy atom. The fourth-order valence-corrected chi connectivity index (χ4v) is 3.27. The van der Waals surface area contributed by atoms with E-state index in [0.29, 0.717) is 11.4 Å². The van der Waals surface area contributed by atoms with E-state index in [1.54, 1.807) is 7.11 Å². The van der Waals surface area contributed by atoms with Gasteiger partial charge in [0.1, 0.15) is 15.6 Å². The van der Waals surface area contributed by atoms with Crippen LogP contribution in [0.2, 0.25) is 0 Å². The second kappa shape index (κ2) is 6.98. The van der Waals surface area contributed by atoms with Gasteiger partial charge < -0.3 is 19.5 Å². The molecular formula is C16H16N2O5S. The number of amides is 1. The lowest BCUT2D eigenvalue weighted by Crippen LogP contribution is -2.48. The number of aliphatic carboxylic acids is 1. The van der Waals surface area contributed by atoms with Crippen LogP contribution in [0.15, 0.2) is 30.5 Å². The summed E-state index contributed by atoms with van der Waals surface area (Å²) in [6.45, 7) is 0.634. The summed E-state index contributed by atoms with van der Waals surface area (Å²) < 4.78 is 10.3. The van der Waals surface area contributed by atoms with E-state index in [4.69, 9.17) is 14.6 Å². The molecule has 1 N–H and O–H groups in total. The summed E-state index contributed by atoms with van der Waals surface area (Å²) in [6.07, 6.45) is 0.550. The van der Waals surface area contributed by atoms with Gasteiger partial charge >= 0.3 is 5.97 Å². The highest BCUT2D eigenvalue weighted by molar-refractivity contribution is 7.16. The van der Waals surface area contributed by atoms with Gasteiger partial charge in [-0.1, -0.05) is 0 Å². The Labute approximate surface area is 142 Å². The van der Waals surface area contributed by atoms with E-state index in [2.05, 4.69) is 4.98 Å². The predicted octanol–water partition coefficient (Wildman–Crippen LogP) is 1.74. The molecule has 1 aliphatic rings. The third-order valence-corrected chi connectivity index (χ3v) is 4.72. The van der Waals surface area contributed by atoms with Gasteiger partial charge in [-0.25, -0.2) is 9.78 Å². The van der Waals surface area contributed by atoms with E-state index in [0.717, 1.165) is 16.3 Å². The number of thiazole rings is 1. The summed E-state index contributed by atoms with van der Waals surface area (Å²) >= 11 is 1.28. The molecule has 0 aliphatic carbocycles. The molecule has 1 aromatic carbocycles. The van der Waals surface area contributed by atoms with E-state index in [-0.39, 0.29) is 19.1 Å².